The third-order valence-electron chi connectivity index (χ3n) is 2.78. The van der Waals surface area contributed by atoms with Gasteiger partial charge < -0.3 is 13.9 Å². The number of hydrogen-bond acceptors (Lipinski definition) is 6. The van der Waals surface area contributed by atoms with Gasteiger partial charge in [-0.05, 0) is 6.92 Å². The highest BCUT2D eigenvalue weighted by atomic mass is 35.7. The molecule has 1 saturated heterocycles. The first-order valence-electron chi connectivity index (χ1n) is 5.72. The van der Waals surface area contributed by atoms with E-state index in [0.717, 1.165) is 6.07 Å². The Morgan fingerprint density at radius 1 is 1.42 bits per heavy atom. The first-order valence-corrected chi connectivity index (χ1v) is 8.02. The number of furan rings is 1. The van der Waals surface area contributed by atoms with Crippen molar-refractivity contribution in [2.75, 3.05) is 13.2 Å². The Balaban J connectivity index is 2.11. The van der Waals surface area contributed by atoms with Gasteiger partial charge in [0.05, 0.1) is 13.2 Å². The van der Waals surface area contributed by atoms with Crippen molar-refractivity contribution in [3.05, 3.63) is 17.6 Å². The second-order valence-electron chi connectivity index (χ2n) is 4.19. The number of esters is 1. The number of halogens is 1. The van der Waals surface area contributed by atoms with Crippen molar-refractivity contribution in [1.29, 1.82) is 0 Å². The van der Waals surface area contributed by atoms with Gasteiger partial charge in [0.2, 0.25) is 5.76 Å². The monoisotopic (exact) mass is 308 g/mol. The van der Waals surface area contributed by atoms with Gasteiger partial charge in [0.1, 0.15) is 16.8 Å². The van der Waals surface area contributed by atoms with Gasteiger partial charge >= 0.3 is 5.97 Å². The van der Waals surface area contributed by atoms with E-state index in [1.54, 1.807) is 0 Å². The summed E-state index contributed by atoms with van der Waals surface area (Å²) in [6.07, 6.45) is 1.00. The molecule has 0 N–H and O–H groups in total. The standard InChI is InChI=1S/C11H13ClO6S/c1-7-10(19(12,14)15)6-9(17-7)11(13)18-8-2-4-16-5-3-8/h6,8H,2-5H2,1H3. The molecule has 0 atom stereocenters. The molecule has 0 aromatic carbocycles. The van der Waals surface area contributed by atoms with Crippen molar-refractivity contribution in [3.8, 4) is 0 Å². The van der Waals surface area contributed by atoms with Gasteiger partial charge in [-0.15, -0.1) is 0 Å². The van der Waals surface area contributed by atoms with Crippen molar-refractivity contribution in [2.45, 2.75) is 30.8 Å². The van der Waals surface area contributed by atoms with Crippen molar-refractivity contribution >= 4 is 25.7 Å². The van der Waals surface area contributed by atoms with Crippen molar-refractivity contribution in [2.24, 2.45) is 0 Å². The van der Waals surface area contributed by atoms with Crippen molar-refractivity contribution in [1.82, 2.24) is 0 Å². The Morgan fingerprint density at radius 2 is 2.05 bits per heavy atom. The Bertz CT molecular complexity index is 570. The highest BCUT2D eigenvalue weighted by molar-refractivity contribution is 8.13. The minimum Gasteiger partial charge on any atom is -0.456 e. The Hall–Kier alpha value is -1.05. The molecule has 0 aliphatic carbocycles. The van der Waals surface area contributed by atoms with Crippen LogP contribution in [0.15, 0.2) is 15.4 Å². The molecule has 1 aromatic heterocycles. The lowest BCUT2D eigenvalue weighted by atomic mass is 10.1. The summed E-state index contributed by atoms with van der Waals surface area (Å²) >= 11 is 0. The normalized spacial score (nSPS) is 17.4. The van der Waals surface area contributed by atoms with Gasteiger partial charge in [-0.2, -0.15) is 0 Å². The highest BCUT2D eigenvalue weighted by Crippen LogP contribution is 2.24. The molecule has 106 valence electrons. The summed E-state index contributed by atoms with van der Waals surface area (Å²) in [6.45, 7) is 2.49. The van der Waals surface area contributed by atoms with Crippen LogP contribution in [0.1, 0.15) is 29.2 Å². The number of aryl methyl sites for hydroxylation is 1. The van der Waals surface area contributed by atoms with E-state index in [2.05, 4.69) is 0 Å². The maximum atomic E-state index is 11.8. The molecule has 0 unspecified atom stereocenters. The summed E-state index contributed by atoms with van der Waals surface area (Å²) in [4.78, 5) is 11.6. The van der Waals surface area contributed by atoms with Gasteiger partial charge in [-0.1, -0.05) is 0 Å². The fourth-order valence-corrected chi connectivity index (χ4v) is 2.90. The Kier molecular flexibility index (Phi) is 4.17. The predicted molar refractivity (Wildman–Crippen MR) is 65.7 cm³/mol. The molecule has 0 radical (unpaired) electrons. The van der Waals surface area contributed by atoms with E-state index in [0.29, 0.717) is 26.1 Å². The molecule has 6 nitrogen and oxygen atoms in total. The average Bonchev–Trinajstić information content (AvgIpc) is 2.72. The van der Waals surface area contributed by atoms with Crippen LogP contribution in [0, 0.1) is 6.92 Å². The first-order chi connectivity index (χ1) is 8.88. The second kappa shape index (κ2) is 5.52. The van der Waals surface area contributed by atoms with Crippen molar-refractivity contribution < 1.29 is 27.1 Å². The van der Waals surface area contributed by atoms with Crippen LogP contribution in [0.3, 0.4) is 0 Å². The summed E-state index contributed by atoms with van der Waals surface area (Å²) in [5, 5.41) is 0. The zero-order valence-corrected chi connectivity index (χ0v) is 11.8. The van der Waals surface area contributed by atoms with Gasteiger partial charge in [0, 0.05) is 29.6 Å². The number of rotatable bonds is 3. The predicted octanol–water partition coefficient (Wildman–Crippen LogP) is 1.85. The number of carbonyl (C=O) groups excluding carboxylic acids is 1. The topological polar surface area (TPSA) is 82.8 Å². The van der Waals surface area contributed by atoms with Gasteiger partial charge in [0.25, 0.3) is 9.05 Å². The van der Waals surface area contributed by atoms with E-state index in [9.17, 15) is 13.2 Å². The molecule has 1 aliphatic heterocycles. The lowest BCUT2D eigenvalue weighted by Gasteiger charge is -2.21. The minimum atomic E-state index is -3.93. The van der Waals surface area contributed by atoms with Gasteiger partial charge in [0.15, 0.2) is 0 Å². The number of carbonyl (C=O) groups is 1. The molecule has 19 heavy (non-hydrogen) atoms. The van der Waals surface area contributed by atoms with Crippen molar-refractivity contribution in [3.63, 3.8) is 0 Å². The molecule has 2 heterocycles. The molecule has 0 spiro atoms. The van der Waals surface area contributed by atoms with E-state index in [-0.39, 0.29) is 22.5 Å². The average molecular weight is 309 g/mol. The third kappa shape index (κ3) is 3.49. The summed E-state index contributed by atoms with van der Waals surface area (Å²) < 4.78 is 37.9. The summed E-state index contributed by atoms with van der Waals surface area (Å²) in [5.74, 6) is -0.793. The molecule has 2 rings (SSSR count). The van der Waals surface area contributed by atoms with E-state index in [1.165, 1.54) is 6.92 Å². The minimum absolute atomic E-state index is 0.0638. The van der Waals surface area contributed by atoms with Crippen LogP contribution in [0.2, 0.25) is 0 Å². The summed E-state index contributed by atoms with van der Waals surface area (Å²) in [6, 6.07) is 1.08. The smallest absolute Gasteiger partial charge is 0.374 e. The van der Waals surface area contributed by atoms with Crippen LogP contribution in [-0.2, 0) is 18.5 Å². The molecule has 0 amide bonds. The van der Waals surface area contributed by atoms with E-state index < -0.39 is 15.0 Å². The quantitative estimate of drug-likeness (QED) is 0.626. The SMILES string of the molecule is Cc1oc(C(=O)OC2CCOCC2)cc1S(=O)(=O)Cl. The Morgan fingerprint density at radius 3 is 2.58 bits per heavy atom. The molecule has 8 heteroatoms. The number of hydrogen-bond donors (Lipinski definition) is 0. The molecule has 0 bridgehead atoms. The van der Waals surface area contributed by atoms with E-state index in [4.69, 9.17) is 24.6 Å². The van der Waals surface area contributed by atoms with Crippen LogP contribution in [0.5, 0.6) is 0 Å². The lowest BCUT2D eigenvalue weighted by molar-refractivity contribution is -0.0180. The molecule has 1 aliphatic rings. The second-order valence-corrected chi connectivity index (χ2v) is 6.72. The van der Waals surface area contributed by atoms with Crippen LogP contribution >= 0.6 is 10.7 Å². The molecule has 0 saturated carbocycles. The highest BCUT2D eigenvalue weighted by Gasteiger charge is 2.25. The fourth-order valence-electron chi connectivity index (χ4n) is 1.81. The molecule has 1 aromatic rings. The van der Waals surface area contributed by atoms with Crippen LogP contribution < -0.4 is 0 Å². The lowest BCUT2D eigenvalue weighted by Crippen LogP contribution is -2.25. The maximum absolute atomic E-state index is 11.8. The van der Waals surface area contributed by atoms with Gasteiger partial charge in [-0.25, -0.2) is 13.2 Å². The largest absolute Gasteiger partial charge is 0.456 e. The maximum Gasteiger partial charge on any atom is 0.374 e. The molecular formula is C11H13ClO6S. The zero-order valence-electron chi connectivity index (χ0n) is 10.2. The van der Waals surface area contributed by atoms with Crippen LogP contribution in [0.4, 0.5) is 0 Å². The van der Waals surface area contributed by atoms with E-state index in [1.807, 2.05) is 0 Å². The molecule has 1 fully saturated rings. The van der Waals surface area contributed by atoms with Crippen LogP contribution in [-0.4, -0.2) is 33.7 Å². The molecular weight excluding hydrogens is 296 g/mol. The van der Waals surface area contributed by atoms with Gasteiger partial charge in [-0.3, -0.25) is 0 Å². The Labute approximate surface area is 115 Å². The summed E-state index contributed by atoms with van der Waals surface area (Å²) in [5.41, 5.74) is 0. The third-order valence-corrected chi connectivity index (χ3v) is 4.21. The summed E-state index contributed by atoms with van der Waals surface area (Å²) in [7, 11) is 1.29. The van der Waals surface area contributed by atoms with E-state index >= 15 is 0 Å². The zero-order chi connectivity index (χ0) is 14.0. The number of ether oxygens (including phenoxy) is 2. The van der Waals surface area contributed by atoms with Crippen LogP contribution in [0.25, 0.3) is 0 Å². The first kappa shape index (κ1) is 14.4. The fraction of sp³-hybridized carbons (Fsp3) is 0.545.